The van der Waals surface area contributed by atoms with Gasteiger partial charge in [-0.05, 0) is 43.3 Å². The number of rotatable bonds is 7. The quantitative estimate of drug-likeness (QED) is 0.640. The summed E-state index contributed by atoms with van der Waals surface area (Å²) in [6.45, 7) is 5.12. The normalized spacial score (nSPS) is 12.3. The van der Waals surface area contributed by atoms with Crippen LogP contribution in [0, 0.1) is 0 Å². The number of halogens is 1. The lowest BCUT2D eigenvalue weighted by Gasteiger charge is -2.21. The van der Waals surface area contributed by atoms with Crippen LogP contribution in [0.25, 0.3) is 10.9 Å². The van der Waals surface area contributed by atoms with Crippen LogP contribution in [0.15, 0.2) is 53.3 Å². The predicted octanol–water partition coefficient (Wildman–Crippen LogP) is 3.28. The first-order valence-corrected chi connectivity index (χ1v) is 9.59. The first-order valence-electron chi connectivity index (χ1n) is 9.21. The van der Waals surface area contributed by atoms with E-state index in [0.717, 1.165) is 5.56 Å². The maximum Gasteiger partial charge on any atom is 0.258 e. The number of nitrogens with zero attached hydrogens (tertiary/aromatic N) is 2. The average Bonchev–Trinajstić information content (AvgIpc) is 2.67. The zero-order valence-corrected chi connectivity index (χ0v) is 16.7. The Hall–Kier alpha value is -2.70. The van der Waals surface area contributed by atoms with Crippen molar-refractivity contribution in [3.63, 3.8) is 0 Å². The second kappa shape index (κ2) is 8.99. The molecule has 0 unspecified atom stereocenters. The molecule has 0 aliphatic heterocycles. The van der Waals surface area contributed by atoms with Crippen molar-refractivity contribution in [1.82, 2.24) is 20.2 Å². The van der Waals surface area contributed by atoms with Gasteiger partial charge >= 0.3 is 0 Å². The number of H-pyrrole nitrogens is 1. The Labute approximate surface area is 168 Å². The highest BCUT2D eigenvalue weighted by Crippen LogP contribution is 2.17. The molecule has 0 saturated carbocycles. The third kappa shape index (κ3) is 4.97. The molecular formula is C21H23ClN4O2. The van der Waals surface area contributed by atoms with E-state index in [2.05, 4.69) is 15.3 Å². The molecular weight excluding hydrogens is 376 g/mol. The molecule has 3 rings (SSSR count). The average molecular weight is 399 g/mol. The SMILES string of the molecule is CCN(CC(=O)N[C@H](C)c1cccc(Cl)c1)Cc1nc2ccccc2c(=O)[nH]1. The number of aromatic amines is 1. The maximum atomic E-state index is 12.5. The number of carbonyl (C=O) groups is 1. The lowest BCUT2D eigenvalue weighted by molar-refractivity contribution is -0.123. The third-order valence-corrected chi connectivity index (χ3v) is 4.81. The molecule has 1 amide bonds. The van der Waals surface area contributed by atoms with Crippen LogP contribution < -0.4 is 10.9 Å². The number of hydrogen-bond acceptors (Lipinski definition) is 4. The van der Waals surface area contributed by atoms with Gasteiger partial charge in [0.2, 0.25) is 5.91 Å². The second-order valence-corrected chi connectivity index (χ2v) is 7.11. The Balaban J connectivity index is 1.65. The van der Waals surface area contributed by atoms with Gasteiger partial charge in [-0.15, -0.1) is 0 Å². The molecule has 3 aromatic rings. The van der Waals surface area contributed by atoms with Crippen molar-refractivity contribution in [1.29, 1.82) is 0 Å². The molecule has 7 heteroatoms. The van der Waals surface area contributed by atoms with Crippen LogP contribution in [0.4, 0.5) is 0 Å². The molecule has 0 bridgehead atoms. The number of aromatic nitrogens is 2. The fourth-order valence-electron chi connectivity index (χ4n) is 3.05. The van der Waals surface area contributed by atoms with E-state index in [4.69, 9.17) is 11.6 Å². The molecule has 2 aromatic carbocycles. The van der Waals surface area contributed by atoms with Gasteiger partial charge in [0, 0.05) is 5.02 Å². The number of likely N-dealkylation sites (N-methyl/N-ethyl adjacent to an activating group) is 1. The smallest absolute Gasteiger partial charge is 0.258 e. The summed E-state index contributed by atoms with van der Waals surface area (Å²) in [7, 11) is 0. The zero-order valence-electron chi connectivity index (χ0n) is 15.9. The lowest BCUT2D eigenvalue weighted by Crippen LogP contribution is -2.38. The Kier molecular flexibility index (Phi) is 6.44. The fourth-order valence-corrected chi connectivity index (χ4v) is 3.25. The van der Waals surface area contributed by atoms with Gasteiger partial charge in [-0.3, -0.25) is 14.5 Å². The molecule has 28 heavy (non-hydrogen) atoms. The molecule has 1 heterocycles. The minimum absolute atomic E-state index is 0.0996. The summed E-state index contributed by atoms with van der Waals surface area (Å²) in [5.74, 6) is 0.443. The van der Waals surface area contributed by atoms with E-state index in [9.17, 15) is 9.59 Å². The highest BCUT2D eigenvalue weighted by Gasteiger charge is 2.15. The Morgan fingerprint density at radius 3 is 2.79 bits per heavy atom. The van der Waals surface area contributed by atoms with Crippen molar-refractivity contribution < 1.29 is 4.79 Å². The zero-order chi connectivity index (χ0) is 20.1. The van der Waals surface area contributed by atoms with Crippen LogP contribution in [0.1, 0.15) is 31.3 Å². The highest BCUT2D eigenvalue weighted by molar-refractivity contribution is 6.30. The number of amides is 1. The number of carbonyl (C=O) groups excluding carboxylic acids is 1. The van der Waals surface area contributed by atoms with Gasteiger partial charge in [-0.2, -0.15) is 0 Å². The number of nitrogens with one attached hydrogen (secondary N) is 2. The van der Waals surface area contributed by atoms with Crippen molar-refractivity contribution >= 4 is 28.4 Å². The van der Waals surface area contributed by atoms with Crippen molar-refractivity contribution in [3.05, 3.63) is 75.3 Å². The monoisotopic (exact) mass is 398 g/mol. The second-order valence-electron chi connectivity index (χ2n) is 6.68. The van der Waals surface area contributed by atoms with E-state index in [1.54, 1.807) is 12.1 Å². The Morgan fingerprint density at radius 1 is 1.25 bits per heavy atom. The fraction of sp³-hybridized carbons (Fsp3) is 0.286. The minimum Gasteiger partial charge on any atom is -0.348 e. The van der Waals surface area contributed by atoms with Gasteiger partial charge in [-0.25, -0.2) is 4.98 Å². The summed E-state index contributed by atoms with van der Waals surface area (Å²) in [5, 5.41) is 4.18. The van der Waals surface area contributed by atoms with Crippen LogP contribution >= 0.6 is 11.6 Å². The standard InChI is InChI=1S/C21H23ClN4O2/c1-3-26(12-19-24-18-10-5-4-9-17(18)21(28)25-19)13-20(27)23-14(2)15-7-6-8-16(22)11-15/h4-11,14H,3,12-13H2,1-2H3,(H,23,27)(H,24,25,28)/t14-/m1/s1. The molecule has 1 aromatic heterocycles. The third-order valence-electron chi connectivity index (χ3n) is 4.58. The van der Waals surface area contributed by atoms with Crippen LogP contribution in [0.3, 0.4) is 0 Å². The molecule has 2 N–H and O–H groups in total. The van der Waals surface area contributed by atoms with E-state index in [1.165, 1.54) is 0 Å². The van der Waals surface area contributed by atoms with Gasteiger partial charge in [-0.1, -0.05) is 42.8 Å². The molecule has 0 spiro atoms. The summed E-state index contributed by atoms with van der Waals surface area (Å²) >= 11 is 6.02. The number of benzene rings is 2. The number of para-hydroxylation sites is 1. The maximum absolute atomic E-state index is 12.5. The summed E-state index contributed by atoms with van der Waals surface area (Å²) in [4.78, 5) is 33.9. The Bertz CT molecular complexity index is 1030. The number of hydrogen-bond donors (Lipinski definition) is 2. The molecule has 0 fully saturated rings. The number of fused-ring (bicyclic) bond motifs is 1. The van der Waals surface area contributed by atoms with Gasteiger partial charge in [0.1, 0.15) is 5.82 Å². The Morgan fingerprint density at radius 2 is 2.04 bits per heavy atom. The molecule has 146 valence electrons. The van der Waals surface area contributed by atoms with Crippen LogP contribution in [-0.2, 0) is 11.3 Å². The summed E-state index contributed by atoms with van der Waals surface area (Å²) in [6, 6.07) is 14.5. The van der Waals surface area contributed by atoms with Crippen molar-refractivity contribution in [3.8, 4) is 0 Å². The lowest BCUT2D eigenvalue weighted by atomic mass is 10.1. The van der Waals surface area contributed by atoms with Crippen LogP contribution in [0.5, 0.6) is 0 Å². The largest absolute Gasteiger partial charge is 0.348 e. The molecule has 6 nitrogen and oxygen atoms in total. The van der Waals surface area contributed by atoms with Crippen LogP contribution in [-0.4, -0.2) is 33.9 Å². The first-order chi connectivity index (χ1) is 13.5. The van der Waals surface area contributed by atoms with E-state index in [-0.39, 0.29) is 24.1 Å². The minimum atomic E-state index is -0.171. The molecule has 0 radical (unpaired) electrons. The summed E-state index contributed by atoms with van der Waals surface area (Å²) in [6.07, 6.45) is 0. The van der Waals surface area contributed by atoms with E-state index in [0.29, 0.717) is 34.8 Å². The molecule has 0 aliphatic carbocycles. The van der Waals surface area contributed by atoms with E-state index in [1.807, 2.05) is 55.1 Å². The van der Waals surface area contributed by atoms with Gasteiger partial charge in [0.05, 0.1) is 30.0 Å². The predicted molar refractivity (Wildman–Crippen MR) is 111 cm³/mol. The van der Waals surface area contributed by atoms with Gasteiger partial charge < -0.3 is 10.3 Å². The van der Waals surface area contributed by atoms with Crippen molar-refractivity contribution in [2.75, 3.05) is 13.1 Å². The molecule has 0 saturated heterocycles. The van der Waals surface area contributed by atoms with Gasteiger partial charge in [0.15, 0.2) is 0 Å². The topological polar surface area (TPSA) is 78.1 Å². The molecule has 0 aliphatic rings. The summed E-state index contributed by atoms with van der Waals surface area (Å²) in [5.41, 5.74) is 1.43. The van der Waals surface area contributed by atoms with Crippen molar-refractivity contribution in [2.24, 2.45) is 0 Å². The van der Waals surface area contributed by atoms with Crippen LogP contribution in [0.2, 0.25) is 5.02 Å². The van der Waals surface area contributed by atoms with E-state index >= 15 is 0 Å². The molecule has 1 atom stereocenters. The first kappa shape index (κ1) is 20.0. The van der Waals surface area contributed by atoms with Crippen molar-refractivity contribution in [2.45, 2.75) is 26.4 Å². The highest BCUT2D eigenvalue weighted by atomic mass is 35.5. The summed E-state index contributed by atoms with van der Waals surface area (Å²) < 4.78 is 0. The van der Waals surface area contributed by atoms with Gasteiger partial charge in [0.25, 0.3) is 5.56 Å². The van der Waals surface area contributed by atoms with E-state index < -0.39 is 0 Å².